The van der Waals surface area contributed by atoms with E-state index in [9.17, 15) is 9.59 Å². The first-order valence-corrected chi connectivity index (χ1v) is 5.83. The Bertz CT molecular complexity index is 720. The second-order valence-electron chi connectivity index (χ2n) is 4.32. The third kappa shape index (κ3) is 1.89. The number of hydrogen-bond donors (Lipinski definition) is 2. The highest BCUT2D eigenvalue weighted by atomic mass is 16.5. The van der Waals surface area contributed by atoms with Crippen molar-refractivity contribution >= 4 is 17.6 Å². The zero-order valence-corrected chi connectivity index (χ0v) is 10.5. The summed E-state index contributed by atoms with van der Waals surface area (Å²) < 4.78 is 10.2. The van der Waals surface area contributed by atoms with E-state index in [2.05, 4.69) is 10.5 Å². The highest BCUT2D eigenvalue weighted by molar-refractivity contribution is 5.98. The van der Waals surface area contributed by atoms with Crippen LogP contribution in [0.2, 0.25) is 0 Å². The maximum absolute atomic E-state index is 11.3. The van der Waals surface area contributed by atoms with Gasteiger partial charge in [0.15, 0.2) is 12.3 Å². The number of aryl methyl sites for hydroxylation is 1. The van der Waals surface area contributed by atoms with Crippen molar-refractivity contribution in [2.75, 3.05) is 11.9 Å². The highest BCUT2D eigenvalue weighted by Gasteiger charge is 2.23. The molecule has 2 heterocycles. The van der Waals surface area contributed by atoms with E-state index in [0.29, 0.717) is 28.3 Å². The quantitative estimate of drug-likeness (QED) is 0.863. The normalized spacial score (nSPS) is 13.3. The van der Waals surface area contributed by atoms with E-state index in [4.69, 9.17) is 14.4 Å². The SMILES string of the molecule is Cc1onc(C(=O)O)c1-c1ccc2c(c1)NC(=O)CO2. The molecule has 0 saturated heterocycles. The number of carboxylic acids is 1. The lowest BCUT2D eigenvalue weighted by Crippen LogP contribution is -2.25. The van der Waals surface area contributed by atoms with Gasteiger partial charge in [0.1, 0.15) is 11.5 Å². The van der Waals surface area contributed by atoms with E-state index < -0.39 is 5.97 Å². The number of nitrogens with one attached hydrogen (secondary N) is 1. The van der Waals surface area contributed by atoms with Crippen molar-refractivity contribution in [2.24, 2.45) is 0 Å². The molecule has 0 fully saturated rings. The summed E-state index contributed by atoms with van der Waals surface area (Å²) in [7, 11) is 0. The number of aromatic nitrogens is 1. The van der Waals surface area contributed by atoms with Gasteiger partial charge in [0, 0.05) is 0 Å². The van der Waals surface area contributed by atoms with Gasteiger partial charge in [0.05, 0.1) is 11.3 Å². The van der Waals surface area contributed by atoms with Crippen LogP contribution < -0.4 is 10.1 Å². The molecule has 0 unspecified atom stereocenters. The molecule has 1 amide bonds. The molecule has 1 aromatic heterocycles. The Balaban J connectivity index is 2.12. The number of rotatable bonds is 2. The van der Waals surface area contributed by atoms with Gasteiger partial charge in [-0.25, -0.2) is 4.79 Å². The van der Waals surface area contributed by atoms with Crippen LogP contribution in [-0.4, -0.2) is 28.7 Å². The van der Waals surface area contributed by atoms with Gasteiger partial charge in [0.25, 0.3) is 5.91 Å². The molecule has 2 N–H and O–H groups in total. The number of benzene rings is 1. The Hall–Kier alpha value is -2.83. The molecule has 3 rings (SSSR count). The number of ether oxygens (including phenoxy) is 1. The monoisotopic (exact) mass is 274 g/mol. The van der Waals surface area contributed by atoms with Crippen molar-refractivity contribution in [2.45, 2.75) is 6.92 Å². The van der Waals surface area contributed by atoms with E-state index >= 15 is 0 Å². The Morgan fingerprint density at radius 3 is 3.00 bits per heavy atom. The summed E-state index contributed by atoms with van der Waals surface area (Å²) in [5.74, 6) is -0.491. The lowest BCUT2D eigenvalue weighted by Gasteiger charge is -2.18. The van der Waals surface area contributed by atoms with Gasteiger partial charge in [-0.3, -0.25) is 4.79 Å². The van der Waals surface area contributed by atoms with Crippen molar-refractivity contribution in [3.63, 3.8) is 0 Å². The Labute approximate surface area is 113 Å². The van der Waals surface area contributed by atoms with Crippen LogP contribution in [0.15, 0.2) is 22.7 Å². The summed E-state index contributed by atoms with van der Waals surface area (Å²) in [6, 6.07) is 5.00. The van der Waals surface area contributed by atoms with Crippen LogP contribution in [0.5, 0.6) is 5.75 Å². The second kappa shape index (κ2) is 4.37. The second-order valence-corrected chi connectivity index (χ2v) is 4.32. The maximum atomic E-state index is 11.3. The summed E-state index contributed by atoms with van der Waals surface area (Å²) in [5.41, 5.74) is 1.31. The number of anilines is 1. The third-order valence-corrected chi connectivity index (χ3v) is 2.97. The van der Waals surface area contributed by atoms with Crippen molar-refractivity contribution in [1.29, 1.82) is 0 Å². The first-order chi connectivity index (χ1) is 9.56. The smallest absolute Gasteiger partial charge is 0.358 e. The maximum Gasteiger partial charge on any atom is 0.358 e. The van der Waals surface area contributed by atoms with Crippen LogP contribution in [0.4, 0.5) is 5.69 Å². The van der Waals surface area contributed by atoms with E-state index in [1.165, 1.54) is 0 Å². The average Bonchev–Trinajstić information content (AvgIpc) is 2.80. The molecule has 1 aliphatic rings. The van der Waals surface area contributed by atoms with Crippen molar-refractivity contribution in [3.05, 3.63) is 29.7 Å². The molecule has 0 radical (unpaired) electrons. The number of fused-ring (bicyclic) bond motifs is 1. The van der Waals surface area contributed by atoms with Crippen LogP contribution in [0.25, 0.3) is 11.1 Å². The molecular formula is C13H10N2O5. The fourth-order valence-corrected chi connectivity index (χ4v) is 2.10. The topological polar surface area (TPSA) is 102 Å². The predicted molar refractivity (Wildman–Crippen MR) is 67.8 cm³/mol. The van der Waals surface area contributed by atoms with Crippen LogP contribution in [0.3, 0.4) is 0 Å². The van der Waals surface area contributed by atoms with Gasteiger partial charge in [-0.05, 0) is 24.6 Å². The molecule has 2 aromatic rings. The lowest BCUT2D eigenvalue weighted by molar-refractivity contribution is -0.118. The van der Waals surface area contributed by atoms with Crippen LogP contribution >= 0.6 is 0 Å². The average molecular weight is 274 g/mol. The Morgan fingerprint density at radius 2 is 2.25 bits per heavy atom. The largest absolute Gasteiger partial charge is 0.482 e. The van der Waals surface area contributed by atoms with E-state index in [0.717, 1.165) is 0 Å². The third-order valence-electron chi connectivity index (χ3n) is 2.97. The Morgan fingerprint density at radius 1 is 1.45 bits per heavy atom. The molecule has 7 heteroatoms. The number of carbonyl (C=O) groups excluding carboxylic acids is 1. The number of amides is 1. The van der Waals surface area contributed by atoms with Crippen molar-refractivity contribution in [1.82, 2.24) is 5.16 Å². The van der Waals surface area contributed by atoms with Crippen molar-refractivity contribution < 1.29 is 24.0 Å². The zero-order chi connectivity index (χ0) is 14.3. The van der Waals surface area contributed by atoms with Crippen LogP contribution in [0.1, 0.15) is 16.2 Å². The number of hydrogen-bond acceptors (Lipinski definition) is 5. The molecule has 20 heavy (non-hydrogen) atoms. The van der Waals surface area contributed by atoms with E-state index in [1.807, 2.05) is 0 Å². The minimum absolute atomic E-state index is 0.0288. The summed E-state index contributed by atoms with van der Waals surface area (Å²) >= 11 is 0. The van der Waals surface area contributed by atoms with Gasteiger partial charge in [-0.1, -0.05) is 11.2 Å². The van der Waals surface area contributed by atoms with Gasteiger partial charge in [0.2, 0.25) is 0 Å². The summed E-state index contributed by atoms with van der Waals surface area (Å²) in [6.45, 7) is 1.60. The number of carboxylic acid groups (broad SMARTS) is 1. The molecule has 0 spiro atoms. The van der Waals surface area contributed by atoms with E-state index in [-0.39, 0.29) is 18.2 Å². The van der Waals surface area contributed by atoms with Gasteiger partial charge >= 0.3 is 5.97 Å². The molecule has 1 aliphatic heterocycles. The fraction of sp³-hybridized carbons (Fsp3) is 0.154. The Kier molecular flexibility index (Phi) is 2.67. The molecule has 7 nitrogen and oxygen atoms in total. The number of nitrogens with zero attached hydrogens (tertiary/aromatic N) is 1. The molecule has 0 aliphatic carbocycles. The highest BCUT2D eigenvalue weighted by Crippen LogP contribution is 2.35. The summed E-state index contributed by atoms with van der Waals surface area (Å²) in [4.78, 5) is 22.4. The molecular weight excluding hydrogens is 264 g/mol. The molecule has 0 bridgehead atoms. The van der Waals surface area contributed by atoms with Gasteiger partial charge < -0.3 is 19.7 Å². The van der Waals surface area contributed by atoms with Gasteiger partial charge in [-0.15, -0.1) is 0 Å². The first-order valence-electron chi connectivity index (χ1n) is 5.83. The molecule has 102 valence electrons. The minimum atomic E-state index is -1.17. The molecule has 0 saturated carbocycles. The van der Waals surface area contributed by atoms with Crippen LogP contribution in [-0.2, 0) is 4.79 Å². The van der Waals surface area contributed by atoms with Gasteiger partial charge in [-0.2, -0.15) is 0 Å². The first kappa shape index (κ1) is 12.2. The zero-order valence-electron chi connectivity index (χ0n) is 10.5. The van der Waals surface area contributed by atoms with E-state index in [1.54, 1.807) is 25.1 Å². The number of aromatic carboxylic acids is 1. The lowest BCUT2D eigenvalue weighted by atomic mass is 10.0. The predicted octanol–water partition coefficient (Wildman–Crippen LogP) is 1.68. The number of carbonyl (C=O) groups is 2. The molecule has 0 atom stereocenters. The summed E-state index contributed by atoms with van der Waals surface area (Å²) in [6.07, 6.45) is 0. The standard InChI is InChI=1S/C13H10N2O5/c1-6-11(12(13(17)18)15-20-6)7-2-3-9-8(4-7)14-10(16)5-19-9/h2-4H,5H2,1H3,(H,14,16)(H,17,18). The van der Waals surface area contributed by atoms with Crippen molar-refractivity contribution in [3.8, 4) is 16.9 Å². The molecule has 1 aromatic carbocycles. The fourth-order valence-electron chi connectivity index (χ4n) is 2.10. The minimum Gasteiger partial charge on any atom is -0.482 e. The summed E-state index contributed by atoms with van der Waals surface area (Å²) in [5, 5.41) is 15.3. The van der Waals surface area contributed by atoms with Crippen LogP contribution in [0, 0.1) is 6.92 Å².